The zero-order valence-electron chi connectivity index (χ0n) is 19.0. The number of benzene rings is 1. The highest BCUT2D eigenvalue weighted by Crippen LogP contribution is 2.29. The predicted molar refractivity (Wildman–Crippen MR) is 125 cm³/mol. The highest BCUT2D eigenvalue weighted by Gasteiger charge is 2.17. The van der Waals surface area contributed by atoms with E-state index >= 15 is 0 Å². The summed E-state index contributed by atoms with van der Waals surface area (Å²) in [6.45, 7) is 2.50. The molecule has 0 radical (unpaired) electrons. The topological polar surface area (TPSA) is 125 Å². The molecular formula is C23H24N10O. The lowest BCUT2D eigenvalue weighted by Crippen LogP contribution is -2.26. The molecular weight excluding hydrogens is 432 g/mol. The van der Waals surface area contributed by atoms with Gasteiger partial charge in [0.2, 0.25) is 11.8 Å². The third-order valence-corrected chi connectivity index (χ3v) is 5.72. The summed E-state index contributed by atoms with van der Waals surface area (Å²) in [4.78, 5) is 17.9. The molecule has 4 aromatic heterocycles. The average Bonchev–Trinajstić information content (AvgIpc) is 3.61. The zero-order chi connectivity index (χ0) is 23.5. The number of nitrogens with zero attached hydrogens (tertiary/aromatic N) is 9. The van der Waals surface area contributed by atoms with Crippen molar-refractivity contribution in [2.45, 2.75) is 32.7 Å². The van der Waals surface area contributed by atoms with Gasteiger partial charge in [-0.3, -0.25) is 9.55 Å². The second-order valence-electron chi connectivity index (χ2n) is 8.02. The molecule has 0 unspecified atom stereocenters. The number of imidazole rings is 1. The Morgan fingerprint density at radius 2 is 1.91 bits per heavy atom. The zero-order valence-corrected chi connectivity index (χ0v) is 19.0. The van der Waals surface area contributed by atoms with E-state index in [1.807, 2.05) is 55.8 Å². The van der Waals surface area contributed by atoms with Crippen LogP contribution in [-0.2, 0) is 20.0 Å². The number of nitrogens with one attached hydrogen (secondary N) is 1. The van der Waals surface area contributed by atoms with E-state index in [9.17, 15) is 4.79 Å². The summed E-state index contributed by atoms with van der Waals surface area (Å²) in [5.74, 6) is 1.01. The summed E-state index contributed by atoms with van der Waals surface area (Å²) in [6.07, 6.45) is 8.07. The van der Waals surface area contributed by atoms with Crippen LogP contribution in [-0.4, -0.2) is 49.5 Å². The van der Waals surface area contributed by atoms with E-state index in [1.54, 1.807) is 20.0 Å². The molecule has 0 aliphatic heterocycles. The van der Waals surface area contributed by atoms with Crippen molar-refractivity contribution in [3.63, 3.8) is 0 Å². The second-order valence-corrected chi connectivity index (χ2v) is 8.02. The van der Waals surface area contributed by atoms with E-state index in [2.05, 4.69) is 42.7 Å². The van der Waals surface area contributed by atoms with Gasteiger partial charge in [-0.1, -0.05) is 43.7 Å². The number of hydrogen-bond acceptors (Lipinski definition) is 7. The van der Waals surface area contributed by atoms with E-state index in [1.165, 1.54) is 0 Å². The number of rotatable bonds is 8. The maximum atomic E-state index is 13.3. The van der Waals surface area contributed by atoms with Gasteiger partial charge >= 0.3 is 5.69 Å². The Kier molecular flexibility index (Phi) is 5.81. The Morgan fingerprint density at radius 1 is 1.06 bits per heavy atom. The van der Waals surface area contributed by atoms with Gasteiger partial charge in [-0.2, -0.15) is 5.21 Å². The molecule has 11 nitrogen and oxygen atoms in total. The SMILES string of the molecule is CCCCc1cn(-c2nncn2C)c(=O)n1Cc1ccc(-c2ccccc2-c2nn[nH]n2)cn1. The van der Waals surface area contributed by atoms with Gasteiger partial charge in [0.25, 0.3) is 0 Å². The van der Waals surface area contributed by atoms with Crippen LogP contribution in [0.4, 0.5) is 0 Å². The van der Waals surface area contributed by atoms with Crippen LogP contribution < -0.4 is 5.69 Å². The maximum Gasteiger partial charge on any atom is 0.335 e. The van der Waals surface area contributed by atoms with Crippen molar-refractivity contribution in [2.75, 3.05) is 0 Å². The molecule has 1 N–H and O–H groups in total. The molecule has 34 heavy (non-hydrogen) atoms. The van der Waals surface area contributed by atoms with Crippen molar-refractivity contribution in [2.24, 2.45) is 7.05 Å². The second kappa shape index (κ2) is 9.22. The van der Waals surface area contributed by atoms with Crippen molar-refractivity contribution >= 4 is 0 Å². The third kappa shape index (κ3) is 4.03. The van der Waals surface area contributed by atoms with Crippen LogP contribution in [0.15, 0.2) is 59.9 Å². The number of tetrazole rings is 1. The van der Waals surface area contributed by atoms with Gasteiger partial charge in [-0.25, -0.2) is 9.36 Å². The van der Waals surface area contributed by atoms with Gasteiger partial charge < -0.3 is 4.57 Å². The first-order valence-electron chi connectivity index (χ1n) is 11.1. The molecule has 5 rings (SSSR count). The van der Waals surface area contributed by atoms with Crippen molar-refractivity contribution in [3.05, 3.63) is 77.0 Å². The van der Waals surface area contributed by atoms with E-state index in [0.29, 0.717) is 18.3 Å². The molecule has 172 valence electrons. The summed E-state index contributed by atoms with van der Waals surface area (Å²) in [5, 5.41) is 22.4. The number of hydrogen-bond donors (Lipinski definition) is 1. The first kappa shape index (κ1) is 21.4. The van der Waals surface area contributed by atoms with Crippen LogP contribution in [0, 0.1) is 0 Å². The number of aromatic nitrogens is 10. The fraction of sp³-hybridized carbons (Fsp3) is 0.261. The van der Waals surface area contributed by atoms with Crippen LogP contribution in [0.25, 0.3) is 28.5 Å². The molecule has 5 aromatic rings. The van der Waals surface area contributed by atoms with Crippen molar-refractivity contribution in [1.29, 1.82) is 0 Å². The van der Waals surface area contributed by atoms with Crippen molar-refractivity contribution in [1.82, 2.24) is 49.5 Å². The summed E-state index contributed by atoms with van der Waals surface area (Å²) >= 11 is 0. The van der Waals surface area contributed by atoms with E-state index in [-0.39, 0.29) is 5.69 Å². The normalized spacial score (nSPS) is 11.2. The average molecular weight is 457 g/mol. The first-order valence-corrected chi connectivity index (χ1v) is 11.1. The lowest BCUT2D eigenvalue weighted by atomic mass is 10.0. The molecule has 11 heteroatoms. The Hall–Kier alpha value is -4.41. The molecule has 0 aliphatic carbocycles. The minimum Gasteiger partial charge on any atom is -0.302 e. The van der Waals surface area contributed by atoms with Crippen LogP contribution >= 0.6 is 0 Å². The minimum atomic E-state index is -0.157. The van der Waals surface area contributed by atoms with Crippen LogP contribution in [0.2, 0.25) is 0 Å². The molecule has 0 saturated heterocycles. The summed E-state index contributed by atoms with van der Waals surface area (Å²) in [6, 6.07) is 11.8. The molecule has 0 aliphatic rings. The third-order valence-electron chi connectivity index (χ3n) is 5.72. The molecule has 0 amide bonds. The molecule has 0 saturated carbocycles. The molecule has 0 bridgehead atoms. The maximum absolute atomic E-state index is 13.3. The molecule has 0 fully saturated rings. The largest absolute Gasteiger partial charge is 0.335 e. The quantitative estimate of drug-likeness (QED) is 0.380. The standard InChI is InChI=1S/C23H24N10O/c1-3-4-7-18-14-33(22-28-25-15-31(22)2)23(34)32(18)13-17-11-10-16(12-24-17)19-8-5-6-9-20(19)21-26-29-30-27-21/h5-6,8-12,14-15H,3-4,7,13H2,1-2H3,(H,26,27,29,30). The van der Waals surface area contributed by atoms with Crippen LogP contribution in [0.3, 0.4) is 0 Å². The first-order chi connectivity index (χ1) is 16.7. The van der Waals surface area contributed by atoms with Crippen molar-refractivity contribution in [3.8, 4) is 28.5 Å². The summed E-state index contributed by atoms with van der Waals surface area (Å²) < 4.78 is 5.04. The number of pyridine rings is 1. The lowest BCUT2D eigenvalue weighted by molar-refractivity contribution is 0.659. The predicted octanol–water partition coefficient (Wildman–Crippen LogP) is 2.40. The number of unbranched alkanes of at least 4 members (excludes halogenated alkanes) is 1. The van der Waals surface area contributed by atoms with Gasteiger partial charge in [0.1, 0.15) is 6.33 Å². The number of aromatic amines is 1. The highest BCUT2D eigenvalue weighted by atomic mass is 16.2. The molecule has 1 aromatic carbocycles. The van der Waals surface area contributed by atoms with Gasteiger partial charge in [0.15, 0.2) is 0 Å². The van der Waals surface area contributed by atoms with Gasteiger partial charge in [-0.15, -0.1) is 20.4 Å². The van der Waals surface area contributed by atoms with Gasteiger partial charge in [0.05, 0.1) is 12.2 Å². The molecule has 0 atom stereocenters. The highest BCUT2D eigenvalue weighted by molar-refractivity contribution is 5.79. The molecule has 0 spiro atoms. The Balaban J connectivity index is 1.47. The van der Waals surface area contributed by atoms with Crippen molar-refractivity contribution < 1.29 is 0 Å². The lowest BCUT2D eigenvalue weighted by Gasteiger charge is -2.09. The Morgan fingerprint density at radius 3 is 2.59 bits per heavy atom. The van der Waals surface area contributed by atoms with Crippen LogP contribution in [0.1, 0.15) is 31.2 Å². The number of aryl methyl sites for hydroxylation is 2. The van der Waals surface area contributed by atoms with Gasteiger partial charge in [0, 0.05) is 36.3 Å². The fourth-order valence-electron chi connectivity index (χ4n) is 3.94. The Bertz CT molecular complexity index is 1440. The minimum absolute atomic E-state index is 0.157. The summed E-state index contributed by atoms with van der Waals surface area (Å²) in [5.41, 5.74) is 4.33. The van der Waals surface area contributed by atoms with Gasteiger partial charge in [-0.05, 0) is 29.7 Å². The fourth-order valence-corrected chi connectivity index (χ4v) is 3.94. The summed E-state index contributed by atoms with van der Waals surface area (Å²) in [7, 11) is 1.82. The Labute approximate surface area is 195 Å². The van der Waals surface area contributed by atoms with E-state index < -0.39 is 0 Å². The van der Waals surface area contributed by atoms with E-state index in [0.717, 1.165) is 47.3 Å². The van der Waals surface area contributed by atoms with E-state index in [4.69, 9.17) is 0 Å². The van der Waals surface area contributed by atoms with Crippen LogP contribution in [0.5, 0.6) is 0 Å². The number of H-pyrrole nitrogens is 1. The molecule has 4 heterocycles. The monoisotopic (exact) mass is 456 g/mol. The smallest absolute Gasteiger partial charge is 0.302 e.